The molecule has 0 aliphatic heterocycles. The van der Waals surface area contributed by atoms with Crippen molar-refractivity contribution in [2.45, 2.75) is 0 Å². The summed E-state index contributed by atoms with van der Waals surface area (Å²) >= 11 is 0. The van der Waals surface area contributed by atoms with E-state index in [1.807, 2.05) is 0 Å². The highest BCUT2D eigenvalue weighted by atomic mass is 19.1. The summed E-state index contributed by atoms with van der Waals surface area (Å²) in [6.07, 6.45) is 0.885. The van der Waals surface area contributed by atoms with Crippen molar-refractivity contribution in [1.29, 1.82) is 0 Å². The first-order valence-electron chi connectivity index (χ1n) is 3.58. The maximum atomic E-state index is 12.5. The minimum Gasteiger partial charge on any atom is -0.505 e. The highest BCUT2D eigenvalue weighted by Crippen LogP contribution is 2.15. The Labute approximate surface area is 74.6 Å². The highest BCUT2D eigenvalue weighted by Gasteiger charge is 2.14. The Hall–Kier alpha value is -1.65. The summed E-state index contributed by atoms with van der Waals surface area (Å²) in [5, 5.41) is 9.16. The smallest absolute Gasteiger partial charge is 0.275 e. The van der Waals surface area contributed by atoms with Crippen molar-refractivity contribution in [3.8, 4) is 5.75 Å². The number of pyridine rings is 1. The number of amides is 1. The van der Waals surface area contributed by atoms with E-state index in [0.29, 0.717) is 0 Å². The van der Waals surface area contributed by atoms with Gasteiger partial charge in [-0.15, -0.1) is 0 Å². The van der Waals surface area contributed by atoms with Gasteiger partial charge in [0.1, 0.15) is 11.6 Å². The van der Waals surface area contributed by atoms with E-state index in [4.69, 9.17) is 5.11 Å². The molecule has 0 saturated heterocycles. The lowest BCUT2D eigenvalue weighted by Crippen LogP contribution is -2.22. The molecule has 0 spiro atoms. The quantitative estimate of drug-likeness (QED) is 0.696. The van der Waals surface area contributed by atoms with Crippen LogP contribution in [0.15, 0.2) is 12.3 Å². The van der Waals surface area contributed by atoms with Gasteiger partial charge in [-0.05, 0) is 0 Å². The summed E-state index contributed by atoms with van der Waals surface area (Å²) in [5.74, 6) is -1.58. The number of aromatic nitrogens is 1. The molecule has 0 radical (unpaired) electrons. The number of aromatic hydroxyl groups is 1. The van der Waals surface area contributed by atoms with Crippen LogP contribution in [0, 0.1) is 5.82 Å². The topological polar surface area (TPSA) is 53.4 Å². The van der Waals surface area contributed by atoms with Crippen molar-refractivity contribution in [2.75, 3.05) is 14.1 Å². The molecule has 0 atom stereocenters. The molecule has 0 fully saturated rings. The average molecular weight is 184 g/mol. The van der Waals surface area contributed by atoms with E-state index in [-0.39, 0.29) is 5.69 Å². The lowest BCUT2D eigenvalue weighted by Gasteiger charge is -2.09. The number of carbonyl (C=O) groups is 1. The van der Waals surface area contributed by atoms with Crippen LogP contribution in [0.4, 0.5) is 4.39 Å². The van der Waals surface area contributed by atoms with Gasteiger partial charge in [0, 0.05) is 20.2 Å². The number of hydrogen-bond acceptors (Lipinski definition) is 3. The van der Waals surface area contributed by atoms with Gasteiger partial charge >= 0.3 is 0 Å². The molecular formula is C8H9FN2O2. The predicted octanol–water partition coefficient (Wildman–Crippen LogP) is 0.628. The normalized spacial score (nSPS) is 9.77. The first-order valence-corrected chi connectivity index (χ1v) is 3.58. The van der Waals surface area contributed by atoms with Crippen LogP contribution >= 0.6 is 0 Å². The van der Waals surface area contributed by atoms with Crippen molar-refractivity contribution >= 4 is 5.91 Å². The Kier molecular flexibility index (Phi) is 2.46. The first kappa shape index (κ1) is 9.44. The molecule has 0 saturated carbocycles. The fourth-order valence-electron chi connectivity index (χ4n) is 0.805. The van der Waals surface area contributed by atoms with Gasteiger partial charge < -0.3 is 10.0 Å². The van der Waals surface area contributed by atoms with E-state index in [9.17, 15) is 9.18 Å². The maximum Gasteiger partial charge on any atom is 0.275 e. The van der Waals surface area contributed by atoms with E-state index in [1.54, 1.807) is 0 Å². The largest absolute Gasteiger partial charge is 0.505 e. The minimum absolute atomic E-state index is 0.147. The molecule has 0 aliphatic carbocycles. The van der Waals surface area contributed by atoms with Crippen molar-refractivity contribution < 1.29 is 14.3 Å². The summed E-state index contributed by atoms with van der Waals surface area (Å²) in [4.78, 5) is 16.0. The van der Waals surface area contributed by atoms with Crippen molar-refractivity contribution in [3.05, 3.63) is 23.8 Å². The average Bonchev–Trinajstić information content (AvgIpc) is 2.03. The van der Waals surface area contributed by atoms with Crippen molar-refractivity contribution in [1.82, 2.24) is 9.88 Å². The van der Waals surface area contributed by atoms with Gasteiger partial charge in [-0.1, -0.05) is 0 Å². The summed E-state index contributed by atoms with van der Waals surface area (Å²) < 4.78 is 12.5. The van der Waals surface area contributed by atoms with Gasteiger partial charge in [0.2, 0.25) is 0 Å². The molecule has 1 aromatic heterocycles. The molecule has 0 aromatic carbocycles. The molecule has 70 valence electrons. The standard InChI is InChI=1S/C8H9FN2O2/c1-11(2)8(13)7-6(12)3-5(9)4-10-7/h3-4,12H,1-2H3. The third-order valence-corrected chi connectivity index (χ3v) is 1.44. The van der Waals surface area contributed by atoms with Crippen molar-refractivity contribution in [2.24, 2.45) is 0 Å². The lowest BCUT2D eigenvalue weighted by atomic mass is 10.3. The SMILES string of the molecule is CN(C)C(=O)c1ncc(F)cc1O. The molecule has 1 amide bonds. The van der Waals surface area contributed by atoms with Crippen LogP contribution in [0.3, 0.4) is 0 Å². The van der Waals surface area contributed by atoms with Gasteiger partial charge in [-0.2, -0.15) is 0 Å². The number of rotatable bonds is 1. The molecule has 5 heteroatoms. The van der Waals surface area contributed by atoms with E-state index in [1.165, 1.54) is 19.0 Å². The minimum atomic E-state index is -0.673. The Morgan fingerprint density at radius 3 is 2.69 bits per heavy atom. The second kappa shape index (κ2) is 3.38. The van der Waals surface area contributed by atoms with E-state index < -0.39 is 17.5 Å². The van der Waals surface area contributed by atoms with Gasteiger partial charge in [0.25, 0.3) is 5.91 Å². The first-order chi connectivity index (χ1) is 6.02. The monoisotopic (exact) mass is 184 g/mol. The number of carbonyl (C=O) groups excluding carboxylic acids is 1. The lowest BCUT2D eigenvalue weighted by molar-refractivity contribution is 0.0818. The molecule has 13 heavy (non-hydrogen) atoms. The zero-order valence-electron chi connectivity index (χ0n) is 7.28. The van der Waals surface area contributed by atoms with E-state index in [2.05, 4.69) is 4.98 Å². The van der Waals surface area contributed by atoms with Crippen LogP contribution in [0.2, 0.25) is 0 Å². The second-order valence-electron chi connectivity index (χ2n) is 2.72. The molecule has 1 rings (SSSR count). The third-order valence-electron chi connectivity index (χ3n) is 1.44. The van der Waals surface area contributed by atoms with Gasteiger partial charge in [-0.3, -0.25) is 4.79 Å². The molecule has 0 bridgehead atoms. The number of hydrogen-bond donors (Lipinski definition) is 1. The van der Waals surface area contributed by atoms with E-state index in [0.717, 1.165) is 12.3 Å². The van der Waals surface area contributed by atoms with Crippen LogP contribution in [0.5, 0.6) is 5.75 Å². The molecule has 0 aliphatic rings. The number of halogens is 1. The number of nitrogens with zero attached hydrogens (tertiary/aromatic N) is 2. The summed E-state index contributed by atoms with van der Waals surface area (Å²) in [5.41, 5.74) is -0.147. The fourth-order valence-corrected chi connectivity index (χ4v) is 0.805. The summed E-state index contributed by atoms with van der Waals surface area (Å²) in [6, 6.07) is 0.851. The molecular weight excluding hydrogens is 175 g/mol. The Morgan fingerprint density at radius 2 is 2.23 bits per heavy atom. The molecule has 4 nitrogen and oxygen atoms in total. The third kappa shape index (κ3) is 1.93. The van der Waals surface area contributed by atoms with Crippen LogP contribution in [0.25, 0.3) is 0 Å². The predicted molar refractivity (Wildman–Crippen MR) is 43.9 cm³/mol. The molecule has 0 unspecified atom stereocenters. The fraction of sp³-hybridized carbons (Fsp3) is 0.250. The molecule has 1 heterocycles. The summed E-state index contributed by atoms with van der Waals surface area (Å²) in [7, 11) is 3.04. The molecule has 1 aromatic rings. The maximum absolute atomic E-state index is 12.5. The molecule has 1 N–H and O–H groups in total. The van der Waals surface area contributed by atoms with Crippen LogP contribution in [0.1, 0.15) is 10.5 Å². The van der Waals surface area contributed by atoms with Gasteiger partial charge in [0.05, 0.1) is 6.20 Å². The van der Waals surface area contributed by atoms with Gasteiger partial charge in [0.15, 0.2) is 5.69 Å². The van der Waals surface area contributed by atoms with Crippen LogP contribution in [-0.4, -0.2) is 35.0 Å². The zero-order chi connectivity index (χ0) is 10.0. The second-order valence-corrected chi connectivity index (χ2v) is 2.72. The van der Waals surface area contributed by atoms with E-state index >= 15 is 0 Å². The van der Waals surface area contributed by atoms with Crippen LogP contribution < -0.4 is 0 Å². The van der Waals surface area contributed by atoms with Gasteiger partial charge in [-0.25, -0.2) is 9.37 Å². The summed E-state index contributed by atoms with van der Waals surface area (Å²) in [6.45, 7) is 0. The Morgan fingerprint density at radius 1 is 1.62 bits per heavy atom. The Balaban J connectivity index is 3.09. The highest BCUT2D eigenvalue weighted by molar-refractivity contribution is 5.94. The zero-order valence-corrected chi connectivity index (χ0v) is 7.28. The van der Waals surface area contributed by atoms with Crippen molar-refractivity contribution in [3.63, 3.8) is 0 Å². The Bertz CT molecular complexity index is 339. The van der Waals surface area contributed by atoms with Crippen LogP contribution in [-0.2, 0) is 0 Å².